The average Bonchev–Trinajstić information content (AvgIpc) is 3.16. The number of carbonyl (C=O) groups excluding carboxylic acids is 1. The van der Waals surface area contributed by atoms with Gasteiger partial charge in [-0.3, -0.25) is 5.10 Å². The molecule has 1 saturated heterocycles. The number of likely N-dealkylation sites (tertiary alicyclic amines) is 1. The van der Waals surface area contributed by atoms with E-state index < -0.39 is 0 Å². The van der Waals surface area contributed by atoms with Crippen molar-refractivity contribution in [2.24, 2.45) is 0 Å². The van der Waals surface area contributed by atoms with E-state index in [0.717, 1.165) is 37.6 Å². The second kappa shape index (κ2) is 5.42. The number of urea groups is 1. The molecule has 1 aromatic heterocycles. The number of hydrogen-bond acceptors (Lipinski definition) is 3. The summed E-state index contributed by atoms with van der Waals surface area (Å²) in [5.74, 6) is 3.01. The maximum absolute atomic E-state index is 11.9. The Morgan fingerprint density at radius 3 is 2.55 bits per heavy atom. The highest BCUT2D eigenvalue weighted by molar-refractivity contribution is 5.74. The van der Waals surface area contributed by atoms with Gasteiger partial charge in [-0.25, -0.2) is 9.78 Å². The van der Waals surface area contributed by atoms with Crippen LogP contribution in [0.3, 0.4) is 0 Å². The number of H-pyrrole nitrogens is 1. The van der Waals surface area contributed by atoms with Crippen LogP contribution in [0.15, 0.2) is 0 Å². The third-order valence-corrected chi connectivity index (χ3v) is 4.04. The molecule has 0 radical (unpaired) electrons. The average molecular weight is 277 g/mol. The van der Waals surface area contributed by atoms with Crippen molar-refractivity contribution in [1.29, 1.82) is 0 Å². The molecule has 1 aliphatic carbocycles. The lowest BCUT2D eigenvalue weighted by Crippen LogP contribution is -2.46. The summed E-state index contributed by atoms with van der Waals surface area (Å²) in [5.41, 5.74) is 0. The molecule has 0 aromatic carbocycles. The number of piperidine rings is 1. The molecule has 2 amide bonds. The van der Waals surface area contributed by atoms with E-state index in [1.807, 2.05) is 18.7 Å². The second-order valence-electron chi connectivity index (χ2n) is 6.22. The topological polar surface area (TPSA) is 73.9 Å². The zero-order valence-electron chi connectivity index (χ0n) is 12.2. The molecule has 0 atom stereocenters. The van der Waals surface area contributed by atoms with Crippen LogP contribution in [0.1, 0.15) is 63.0 Å². The van der Waals surface area contributed by atoms with Crippen LogP contribution < -0.4 is 5.32 Å². The number of aromatic amines is 1. The first kappa shape index (κ1) is 13.4. The first-order chi connectivity index (χ1) is 9.63. The number of hydrogen-bond donors (Lipinski definition) is 2. The van der Waals surface area contributed by atoms with Gasteiger partial charge >= 0.3 is 6.03 Å². The fourth-order valence-electron chi connectivity index (χ4n) is 2.69. The van der Waals surface area contributed by atoms with Gasteiger partial charge in [-0.15, -0.1) is 0 Å². The van der Waals surface area contributed by atoms with E-state index in [4.69, 9.17) is 0 Å². The Balaban J connectivity index is 1.53. The summed E-state index contributed by atoms with van der Waals surface area (Å²) in [5, 5.41) is 10.4. The molecule has 1 saturated carbocycles. The fraction of sp³-hybridized carbons (Fsp3) is 0.786. The smallest absolute Gasteiger partial charge is 0.317 e. The molecule has 0 spiro atoms. The highest BCUT2D eigenvalue weighted by atomic mass is 16.2. The number of aromatic nitrogens is 3. The summed E-state index contributed by atoms with van der Waals surface area (Å²) in [6.45, 7) is 5.56. The Hall–Kier alpha value is -1.59. The van der Waals surface area contributed by atoms with Crippen molar-refractivity contribution in [3.63, 3.8) is 0 Å². The number of carbonyl (C=O) groups is 1. The number of rotatable bonds is 3. The standard InChI is InChI=1S/C14H23N5O/c1-9(2)15-14(20)19-7-5-11(6-8-19)13-16-12(17-18-13)10-3-4-10/h9-11H,3-8H2,1-2H3,(H,15,20)(H,16,17,18). The maximum Gasteiger partial charge on any atom is 0.317 e. The largest absolute Gasteiger partial charge is 0.336 e. The van der Waals surface area contributed by atoms with E-state index in [9.17, 15) is 4.79 Å². The van der Waals surface area contributed by atoms with Crippen LogP contribution in [0.25, 0.3) is 0 Å². The van der Waals surface area contributed by atoms with Crippen LogP contribution in [0.4, 0.5) is 4.79 Å². The van der Waals surface area contributed by atoms with Crippen molar-refractivity contribution < 1.29 is 4.79 Å². The molecule has 2 N–H and O–H groups in total. The van der Waals surface area contributed by atoms with Gasteiger partial charge < -0.3 is 10.2 Å². The third kappa shape index (κ3) is 2.94. The van der Waals surface area contributed by atoms with Crippen LogP contribution in [0, 0.1) is 0 Å². The van der Waals surface area contributed by atoms with E-state index in [-0.39, 0.29) is 12.1 Å². The minimum atomic E-state index is 0.0506. The van der Waals surface area contributed by atoms with Crippen LogP contribution in [0.5, 0.6) is 0 Å². The van der Waals surface area contributed by atoms with E-state index in [1.165, 1.54) is 12.8 Å². The molecule has 20 heavy (non-hydrogen) atoms. The van der Waals surface area contributed by atoms with Gasteiger partial charge in [0.15, 0.2) is 5.82 Å². The van der Waals surface area contributed by atoms with Crippen LogP contribution in [-0.4, -0.2) is 45.2 Å². The Kier molecular flexibility index (Phi) is 3.63. The lowest BCUT2D eigenvalue weighted by molar-refractivity contribution is 0.178. The first-order valence-corrected chi connectivity index (χ1v) is 7.61. The summed E-state index contributed by atoms with van der Waals surface area (Å²) in [4.78, 5) is 18.5. The minimum Gasteiger partial charge on any atom is -0.336 e. The van der Waals surface area contributed by atoms with Crippen molar-refractivity contribution in [2.75, 3.05) is 13.1 Å². The minimum absolute atomic E-state index is 0.0506. The van der Waals surface area contributed by atoms with Gasteiger partial charge in [0.05, 0.1) is 0 Å². The van der Waals surface area contributed by atoms with Crippen molar-refractivity contribution in [3.05, 3.63) is 11.6 Å². The first-order valence-electron chi connectivity index (χ1n) is 7.61. The van der Waals surface area contributed by atoms with Gasteiger partial charge in [-0.1, -0.05) is 0 Å². The Bertz CT molecular complexity index is 472. The van der Waals surface area contributed by atoms with Crippen molar-refractivity contribution >= 4 is 6.03 Å². The van der Waals surface area contributed by atoms with Crippen LogP contribution in [0.2, 0.25) is 0 Å². The fourth-order valence-corrected chi connectivity index (χ4v) is 2.69. The molecule has 1 aliphatic heterocycles. The van der Waals surface area contributed by atoms with E-state index in [1.54, 1.807) is 0 Å². The summed E-state index contributed by atoms with van der Waals surface area (Å²) in [6, 6.07) is 0.241. The summed E-state index contributed by atoms with van der Waals surface area (Å²) >= 11 is 0. The second-order valence-corrected chi connectivity index (χ2v) is 6.22. The van der Waals surface area contributed by atoms with Gasteiger partial charge in [-0.2, -0.15) is 5.10 Å². The lowest BCUT2D eigenvalue weighted by Gasteiger charge is -2.31. The predicted octanol–water partition coefficient (Wildman–Crippen LogP) is 1.98. The monoisotopic (exact) mass is 277 g/mol. The summed E-state index contributed by atoms with van der Waals surface area (Å²) < 4.78 is 0. The molecule has 110 valence electrons. The highest BCUT2D eigenvalue weighted by Gasteiger charge is 2.30. The Morgan fingerprint density at radius 1 is 1.25 bits per heavy atom. The van der Waals surface area contributed by atoms with Crippen molar-refractivity contribution in [1.82, 2.24) is 25.4 Å². The van der Waals surface area contributed by atoms with Gasteiger partial charge in [0.25, 0.3) is 0 Å². The Morgan fingerprint density at radius 2 is 1.95 bits per heavy atom. The lowest BCUT2D eigenvalue weighted by atomic mass is 9.96. The normalized spacial score (nSPS) is 20.4. The SMILES string of the molecule is CC(C)NC(=O)N1CCC(c2nc(C3CC3)n[nH]2)CC1. The van der Waals surface area contributed by atoms with Crippen LogP contribution in [-0.2, 0) is 0 Å². The summed E-state index contributed by atoms with van der Waals surface area (Å²) in [7, 11) is 0. The summed E-state index contributed by atoms with van der Waals surface area (Å²) in [6.07, 6.45) is 4.38. The van der Waals surface area contributed by atoms with E-state index in [2.05, 4.69) is 20.5 Å². The molecule has 2 fully saturated rings. The van der Waals surface area contributed by atoms with E-state index >= 15 is 0 Å². The van der Waals surface area contributed by atoms with Gasteiger partial charge in [0, 0.05) is 31.0 Å². The maximum atomic E-state index is 11.9. The molecule has 0 bridgehead atoms. The zero-order chi connectivity index (χ0) is 14.1. The molecule has 6 heteroatoms. The molecule has 0 unspecified atom stereocenters. The molecule has 2 aliphatic rings. The number of amides is 2. The molecule has 6 nitrogen and oxygen atoms in total. The zero-order valence-corrected chi connectivity index (χ0v) is 12.2. The number of nitrogens with zero attached hydrogens (tertiary/aromatic N) is 3. The molecular formula is C14H23N5O. The third-order valence-electron chi connectivity index (χ3n) is 4.04. The molecular weight excluding hydrogens is 254 g/mol. The molecule has 3 rings (SSSR count). The quantitative estimate of drug-likeness (QED) is 0.887. The van der Waals surface area contributed by atoms with E-state index in [0.29, 0.717) is 11.8 Å². The predicted molar refractivity (Wildman–Crippen MR) is 75.6 cm³/mol. The number of nitrogens with one attached hydrogen (secondary N) is 2. The van der Waals surface area contributed by atoms with Gasteiger partial charge in [0.1, 0.15) is 5.82 Å². The van der Waals surface area contributed by atoms with Crippen molar-refractivity contribution in [2.45, 2.75) is 57.4 Å². The van der Waals surface area contributed by atoms with Crippen LogP contribution >= 0.6 is 0 Å². The van der Waals surface area contributed by atoms with Gasteiger partial charge in [0.2, 0.25) is 0 Å². The molecule has 1 aromatic rings. The highest BCUT2D eigenvalue weighted by Crippen LogP contribution is 2.38. The molecule has 2 heterocycles. The Labute approximate surface area is 119 Å². The van der Waals surface area contributed by atoms with Gasteiger partial charge in [-0.05, 0) is 39.5 Å². The van der Waals surface area contributed by atoms with Crippen molar-refractivity contribution in [3.8, 4) is 0 Å².